The van der Waals surface area contributed by atoms with Crippen LogP contribution in [0.2, 0.25) is 0 Å². The molecule has 0 fully saturated rings. The second kappa shape index (κ2) is 6.56. The molecule has 0 aliphatic carbocycles. The number of halogens is 3. The van der Waals surface area contributed by atoms with Crippen molar-refractivity contribution >= 4 is 31.9 Å². The van der Waals surface area contributed by atoms with Crippen LogP contribution in [0.5, 0.6) is 0 Å². The first-order valence-electron chi connectivity index (χ1n) is 5.60. The number of benzene rings is 1. The van der Waals surface area contributed by atoms with E-state index in [1.165, 1.54) is 6.07 Å². The minimum absolute atomic E-state index is 0.168. The minimum Gasteiger partial charge on any atom is -0.271 e. The summed E-state index contributed by atoms with van der Waals surface area (Å²) in [4.78, 5) is 4.10. The first-order valence-corrected chi connectivity index (χ1v) is 7.19. The van der Waals surface area contributed by atoms with Gasteiger partial charge in [0.1, 0.15) is 5.82 Å². The standard InChI is InChI=1S/C13H12Br2FN3/c14-10-3-8(6-18-7-10)4-13(19-17)9-1-2-11(15)12(16)5-9/h1-3,5-7,13,19H,4,17H2. The number of nitrogens with one attached hydrogen (secondary N) is 1. The van der Waals surface area contributed by atoms with Gasteiger partial charge in [0.05, 0.1) is 10.5 Å². The molecule has 3 nitrogen and oxygen atoms in total. The number of hydrogen-bond donors (Lipinski definition) is 2. The third-order valence-corrected chi connectivity index (χ3v) is 3.83. The second-order valence-corrected chi connectivity index (χ2v) is 5.88. The Morgan fingerprint density at radius 2 is 2.05 bits per heavy atom. The molecule has 1 heterocycles. The number of rotatable bonds is 4. The Kier molecular flexibility index (Phi) is 5.04. The van der Waals surface area contributed by atoms with E-state index in [4.69, 9.17) is 5.84 Å². The van der Waals surface area contributed by atoms with Crippen molar-refractivity contribution in [3.05, 3.63) is 62.5 Å². The molecule has 0 saturated heterocycles. The van der Waals surface area contributed by atoms with E-state index in [1.54, 1.807) is 18.5 Å². The maximum atomic E-state index is 13.5. The third-order valence-electron chi connectivity index (χ3n) is 2.75. The number of nitrogens with two attached hydrogens (primary N) is 1. The average molecular weight is 389 g/mol. The Hall–Kier alpha value is -0.820. The predicted molar refractivity (Wildman–Crippen MR) is 79.8 cm³/mol. The summed E-state index contributed by atoms with van der Waals surface area (Å²) in [6, 6.07) is 6.78. The summed E-state index contributed by atoms with van der Waals surface area (Å²) in [7, 11) is 0. The molecule has 100 valence electrons. The average Bonchev–Trinajstić information content (AvgIpc) is 2.39. The highest BCUT2D eigenvalue weighted by atomic mass is 79.9. The van der Waals surface area contributed by atoms with Crippen LogP contribution in [0.3, 0.4) is 0 Å². The molecule has 0 aliphatic heterocycles. The first kappa shape index (κ1) is 14.6. The second-order valence-electron chi connectivity index (χ2n) is 4.11. The van der Waals surface area contributed by atoms with E-state index in [0.717, 1.165) is 15.6 Å². The predicted octanol–water partition coefficient (Wildman–Crippen LogP) is 3.49. The molecular formula is C13H12Br2FN3. The highest BCUT2D eigenvalue weighted by molar-refractivity contribution is 9.10. The van der Waals surface area contributed by atoms with Gasteiger partial charge in [0.2, 0.25) is 0 Å². The fraction of sp³-hybridized carbons (Fsp3) is 0.154. The van der Waals surface area contributed by atoms with Crippen molar-refractivity contribution in [3.63, 3.8) is 0 Å². The van der Waals surface area contributed by atoms with Crippen molar-refractivity contribution in [2.45, 2.75) is 12.5 Å². The molecule has 0 saturated carbocycles. The van der Waals surface area contributed by atoms with Crippen LogP contribution in [-0.2, 0) is 6.42 Å². The van der Waals surface area contributed by atoms with Gasteiger partial charge >= 0.3 is 0 Å². The Labute approximate surface area is 127 Å². The van der Waals surface area contributed by atoms with Crippen LogP contribution in [0.15, 0.2) is 45.6 Å². The van der Waals surface area contributed by atoms with Crippen LogP contribution in [0, 0.1) is 5.82 Å². The van der Waals surface area contributed by atoms with Gasteiger partial charge in [-0.05, 0) is 67.6 Å². The Morgan fingerprint density at radius 1 is 1.26 bits per heavy atom. The molecule has 0 bridgehead atoms. The molecule has 0 amide bonds. The molecule has 6 heteroatoms. The fourth-order valence-corrected chi connectivity index (χ4v) is 2.46. The molecule has 0 spiro atoms. The number of nitrogens with zero attached hydrogens (tertiary/aromatic N) is 1. The molecular weight excluding hydrogens is 377 g/mol. The topological polar surface area (TPSA) is 50.9 Å². The van der Waals surface area contributed by atoms with Gasteiger partial charge in [0.15, 0.2) is 0 Å². The zero-order valence-electron chi connectivity index (χ0n) is 9.91. The Morgan fingerprint density at radius 3 is 2.68 bits per heavy atom. The zero-order chi connectivity index (χ0) is 13.8. The van der Waals surface area contributed by atoms with Crippen molar-refractivity contribution in [1.29, 1.82) is 0 Å². The van der Waals surface area contributed by atoms with Crippen LogP contribution in [0.25, 0.3) is 0 Å². The van der Waals surface area contributed by atoms with Crippen LogP contribution >= 0.6 is 31.9 Å². The lowest BCUT2D eigenvalue weighted by atomic mass is 10.0. The monoisotopic (exact) mass is 387 g/mol. The smallest absolute Gasteiger partial charge is 0.137 e. The van der Waals surface area contributed by atoms with Crippen LogP contribution < -0.4 is 11.3 Å². The van der Waals surface area contributed by atoms with Crippen LogP contribution in [0.4, 0.5) is 4.39 Å². The summed E-state index contributed by atoms with van der Waals surface area (Å²) >= 11 is 6.50. The van der Waals surface area contributed by atoms with Crippen molar-refractivity contribution < 1.29 is 4.39 Å². The first-order chi connectivity index (χ1) is 9.10. The number of aromatic nitrogens is 1. The van der Waals surface area contributed by atoms with Crippen molar-refractivity contribution in [1.82, 2.24) is 10.4 Å². The maximum Gasteiger partial charge on any atom is 0.137 e. The zero-order valence-corrected chi connectivity index (χ0v) is 13.1. The largest absolute Gasteiger partial charge is 0.271 e. The van der Waals surface area contributed by atoms with E-state index in [1.807, 2.05) is 12.1 Å². The Balaban J connectivity index is 2.22. The Bertz CT molecular complexity index is 578. The number of hydrogen-bond acceptors (Lipinski definition) is 3. The van der Waals surface area contributed by atoms with E-state index in [0.29, 0.717) is 10.9 Å². The van der Waals surface area contributed by atoms with Gasteiger partial charge in [-0.1, -0.05) is 6.07 Å². The maximum absolute atomic E-state index is 13.5. The lowest BCUT2D eigenvalue weighted by Crippen LogP contribution is -2.29. The van der Waals surface area contributed by atoms with Crippen molar-refractivity contribution in [3.8, 4) is 0 Å². The molecule has 1 unspecified atom stereocenters. The van der Waals surface area contributed by atoms with Gasteiger partial charge in [0.25, 0.3) is 0 Å². The SMILES string of the molecule is NNC(Cc1cncc(Br)c1)c1ccc(Br)c(F)c1. The summed E-state index contributed by atoms with van der Waals surface area (Å²) in [5.41, 5.74) is 4.52. The summed E-state index contributed by atoms with van der Waals surface area (Å²) in [5.74, 6) is 5.26. The highest BCUT2D eigenvalue weighted by Crippen LogP contribution is 2.23. The van der Waals surface area contributed by atoms with E-state index < -0.39 is 0 Å². The minimum atomic E-state index is -0.301. The van der Waals surface area contributed by atoms with Crippen molar-refractivity contribution in [2.24, 2.45) is 5.84 Å². The van der Waals surface area contributed by atoms with E-state index >= 15 is 0 Å². The molecule has 3 N–H and O–H groups in total. The lowest BCUT2D eigenvalue weighted by Gasteiger charge is -2.16. The fourth-order valence-electron chi connectivity index (χ4n) is 1.81. The molecule has 19 heavy (non-hydrogen) atoms. The number of pyridine rings is 1. The van der Waals surface area contributed by atoms with Gasteiger partial charge < -0.3 is 0 Å². The lowest BCUT2D eigenvalue weighted by molar-refractivity contribution is 0.543. The molecule has 1 aromatic carbocycles. The van der Waals surface area contributed by atoms with Gasteiger partial charge in [-0.3, -0.25) is 16.3 Å². The molecule has 2 aromatic rings. The van der Waals surface area contributed by atoms with E-state index in [2.05, 4.69) is 42.3 Å². The third kappa shape index (κ3) is 3.82. The summed E-state index contributed by atoms with van der Waals surface area (Å²) in [5, 5.41) is 0. The molecule has 2 rings (SSSR count). The highest BCUT2D eigenvalue weighted by Gasteiger charge is 2.13. The van der Waals surface area contributed by atoms with E-state index in [9.17, 15) is 4.39 Å². The summed E-state index contributed by atoms with van der Waals surface area (Å²) in [6.07, 6.45) is 4.11. The van der Waals surface area contributed by atoms with Crippen LogP contribution in [0.1, 0.15) is 17.2 Å². The van der Waals surface area contributed by atoms with Gasteiger partial charge in [-0.25, -0.2) is 4.39 Å². The molecule has 1 atom stereocenters. The van der Waals surface area contributed by atoms with Crippen molar-refractivity contribution in [2.75, 3.05) is 0 Å². The van der Waals surface area contributed by atoms with Crippen LogP contribution in [-0.4, -0.2) is 4.98 Å². The van der Waals surface area contributed by atoms with Gasteiger partial charge in [0, 0.05) is 16.9 Å². The molecule has 1 aromatic heterocycles. The molecule has 0 radical (unpaired) electrons. The number of hydrazine groups is 1. The summed E-state index contributed by atoms with van der Waals surface area (Å²) in [6.45, 7) is 0. The normalized spacial score (nSPS) is 12.4. The van der Waals surface area contributed by atoms with Gasteiger partial charge in [-0.2, -0.15) is 0 Å². The molecule has 0 aliphatic rings. The quantitative estimate of drug-likeness (QED) is 0.622. The summed E-state index contributed by atoms with van der Waals surface area (Å²) < 4.78 is 14.9. The van der Waals surface area contributed by atoms with E-state index in [-0.39, 0.29) is 11.9 Å². The van der Waals surface area contributed by atoms with Gasteiger partial charge in [-0.15, -0.1) is 0 Å².